The third kappa shape index (κ3) is 3.10. The quantitative estimate of drug-likeness (QED) is 0.875. The van der Waals surface area contributed by atoms with Gasteiger partial charge in [0.1, 0.15) is 12.2 Å². The number of nitrogens with zero attached hydrogens (tertiary/aromatic N) is 3. The highest BCUT2D eigenvalue weighted by atomic mass is 16.3. The average Bonchev–Trinajstić information content (AvgIpc) is 2.79. The first-order valence-electron chi connectivity index (χ1n) is 7.26. The molecule has 0 spiro atoms. The van der Waals surface area contributed by atoms with Crippen LogP contribution < -0.4 is 0 Å². The molecule has 18 heavy (non-hydrogen) atoms. The van der Waals surface area contributed by atoms with E-state index in [4.69, 9.17) is 0 Å². The maximum Gasteiger partial charge on any atom is 0.138 e. The van der Waals surface area contributed by atoms with Crippen molar-refractivity contribution >= 4 is 0 Å². The number of aliphatic hydroxyl groups is 1. The molecule has 1 N–H and O–H groups in total. The summed E-state index contributed by atoms with van der Waals surface area (Å²) in [7, 11) is 0. The largest absolute Gasteiger partial charge is 0.389 e. The molecule has 1 heterocycles. The van der Waals surface area contributed by atoms with Gasteiger partial charge in [-0.15, -0.1) is 0 Å². The van der Waals surface area contributed by atoms with Crippen LogP contribution >= 0.6 is 0 Å². The molecule has 4 heteroatoms. The molecule has 1 saturated carbocycles. The van der Waals surface area contributed by atoms with Crippen LogP contribution in [0.3, 0.4) is 0 Å². The predicted octanol–water partition coefficient (Wildman–Crippen LogP) is 2.56. The molecule has 0 bridgehead atoms. The van der Waals surface area contributed by atoms with Crippen molar-refractivity contribution in [3.63, 3.8) is 0 Å². The van der Waals surface area contributed by atoms with Crippen LogP contribution in [0.15, 0.2) is 6.33 Å². The van der Waals surface area contributed by atoms with Crippen molar-refractivity contribution in [3.8, 4) is 0 Å². The summed E-state index contributed by atoms with van der Waals surface area (Å²) in [6, 6.07) is 0. The minimum Gasteiger partial charge on any atom is -0.389 e. The van der Waals surface area contributed by atoms with Gasteiger partial charge in [0.05, 0.1) is 5.60 Å². The van der Waals surface area contributed by atoms with E-state index in [0.29, 0.717) is 6.42 Å². The van der Waals surface area contributed by atoms with Crippen LogP contribution in [-0.2, 0) is 13.0 Å². The fourth-order valence-corrected chi connectivity index (χ4v) is 3.07. The molecule has 102 valence electrons. The molecule has 0 unspecified atom stereocenters. The van der Waals surface area contributed by atoms with Gasteiger partial charge in [0.2, 0.25) is 0 Å². The first kappa shape index (κ1) is 13.5. The minimum absolute atomic E-state index is 0.551. The van der Waals surface area contributed by atoms with Crippen molar-refractivity contribution in [3.05, 3.63) is 12.2 Å². The minimum atomic E-state index is -0.551. The second kappa shape index (κ2) is 5.83. The molecule has 2 rings (SSSR count). The van der Waals surface area contributed by atoms with E-state index in [2.05, 4.69) is 23.9 Å². The zero-order chi connectivity index (χ0) is 13.0. The fourth-order valence-electron chi connectivity index (χ4n) is 3.07. The van der Waals surface area contributed by atoms with Gasteiger partial charge in [0, 0.05) is 13.0 Å². The molecule has 0 radical (unpaired) electrons. The Labute approximate surface area is 109 Å². The van der Waals surface area contributed by atoms with Crippen molar-refractivity contribution in [2.75, 3.05) is 0 Å². The number of aryl methyl sites for hydroxylation is 1. The molecule has 1 aliphatic rings. The summed E-state index contributed by atoms with van der Waals surface area (Å²) in [5, 5.41) is 14.8. The van der Waals surface area contributed by atoms with Crippen molar-refractivity contribution in [1.82, 2.24) is 14.8 Å². The first-order chi connectivity index (χ1) is 8.67. The lowest BCUT2D eigenvalue weighted by atomic mass is 9.75. The average molecular weight is 251 g/mol. The van der Waals surface area contributed by atoms with Gasteiger partial charge in [-0.2, -0.15) is 5.10 Å². The summed E-state index contributed by atoms with van der Waals surface area (Å²) in [6.45, 7) is 5.12. The second-order valence-corrected chi connectivity index (χ2v) is 5.63. The summed E-state index contributed by atoms with van der Waals surface area (Å²) in [5.74, 6) is 1.74. The highest BCUT2D eigenvalue weighted by molar-refractivity contribution is 4.97. The van der Waals surface area contributed by atoms with Crippen molar-refractivity contribution in [1.29, 1.82) is 0 Å². The number of rotatable bonds is 5. The smallest absolute Gasteiger partial charge is 0.138 e. The van der Waals surface area contributed by atoms with Gasteiger partial charge in [-0.25, -0.2) is 4.98 Å². The number of hydrogen-bond acceptors (Lipinski definition) is 3. The van der Waals surface area contributed by atoms with E-state index in [1.165, 1.54) is 12.8 Å². The number of hydrogen-bond donors (Lipinski definition) is 1. The van der Waals surface area contributed by atoms with E-state index in [9.17, 15) is 5.11 Å². The third-order valence-corrected chi connectivity index (χ3v) is 4.22. The van der Waals surface area contributed by atoms with E-state index in [-0.39, 0.29) is 0 Å². The van der Waals surface area contributed by atoms with E-state index < -0.39 is 5.60 Å². The Kier molecular flexibility index (Phi) is 4.38. The number of aromatic nitrogens is 3. The monoisotopic (exact) mass is 251 g/mol. The molecule has 0 atom stereocenters. The zero-order valence-electron chi connectivity index (χ0n) is 11.6. The van der Waals surface area contributed by atoms with E-state index in [0.717, 1.165) is 44.0 Å². The summed E-state index contributed by atoms with van der Waals surface area (Å²) >= 11 is 0. The van der Waals surface area contributed by atoms with Gasteiger partial charge >= 0.3 is 0 Å². The molecule has 1 fully saturated rings. The van der Waals surface area contributed by atoms with Crippen molar-refractivity contribution < 1.29 is 5.11 Å². The Bertz CT molecular complexity index is 367. The highest BCUT2D eigenvalue weighted by Crippen LogP contribution is 2.36. The molecule has 1 aromatic heterocycles. The summed E-state index contributed by atoms with van der Waals surface area (Å²) in [6.07, 6.45) is 8.94. The fraction of sp³-hybridized carbons (Fsp3) is 0.857. The Morgan fingerprint density at radius 1 is 1.39 bits per heavy atom. The molecule has 0 amide bonds. The normalized spacial score (nSPS) is 28.5. The Morgan fingerprint density at radius 2 is 2.11 bits per heavy atom. The zero-order valence-corrected chi connectivity index (χ0v) is 11.6. The van der Waals surface area contributed by atoms with E-state index in [1.54, 1.807) is 6.33 Å². The predicted molar refractivity (Wildman–Crippen MR) is 71.2 cm³/mol. The van der Waals surface area contributed by atoms with Crippen LogP contribution in [0.2, 0.25) is 0 Å². The SMILES string of the molecule is CCCC1CCC(O)(Cc2ncnn2CC)CC1. The van der Waals surface area contributed by atoms with Crippen LogP contribution in [0.1, 0.15) is 58.2 Å². The molecule has 1 aliphatic carbocycles. The summed E-state index contributed by atoms with van der Waals surface area (Å²) in [4.78, 5) is 4.27. The standard InChI is InChI=1S/C14H25N3O/c1-3-5-12-6-8-14(18,9-7-12)10-13-15-11-16-17(13)4-2/h11-12,18H,3-10H2,1-2H3. The Morgan fingerprint density at radius 3 is 2.72 bits per heavy atom. The van der Waals surface area contributed by atoms with Gasteiger partial charge in [0.25, 0.3) is 0 Å². The van der Waals surface area contributed by atoms with Gasteiger partial charge in [-0.1, -0.05) is 19.8 Å². The Hall–Kier alpha value is -0.900. The summed E-state index contributed by atoms with van der Waals surface area (Å²) in [5.41, 5.74) is -0.551. The first-order valence-corrected chi connectivity index (χ1v) is 7.26. The summed E-state index contributed by atoms with van der Waals surface area (Å²) < 4.78 is 1.89. The van der Waals surface area contributed by atoms with E-state index in [1.807, 2.05) is 4.68 Å². The lowest BCUT2D eigenvalue weighted by Gasteiger charge is -2.35. The lowest BCUT2D eigenvalue weighted by Crippen LogP contribution is -2.37. The maximum absolute atomic E-state index is 10.7. The van der Waals surface area contributed by atoms with Crippen LogP contribution in [0.25, 0.3) is 0 Å². The maximum atomic E-state index is 10.7. The molecular formula is C14H25N3O. The molecular weight excluding hydrogens is 226 g/mol. The van der Waals surface area contributed by atoms with Crippen LogP contribution in [0.4, 0.5) is 0 Å². The van der Waals surface area contributed by atoms with Crippen LogP contribution in [-0.4, -0.2) is 25.5 Å². The third-order valence-electron chi connectivity index (χ3n) is 4.22. The Balaban J connectivity index is 1.93. The van der Waals surface area contributed by atoms with Gasteiger partial charge in [0.15, 0.2) is 0 Å². The second-order valence-electron chi connectivity index (χ2n) is 5.63. The topological polar surface area (TPSA) is 50.9 Å². The molecule has 0 aromatic carbocycles. The van der Waals surface area contributed by atoms with Gasteiger partial charge in [-0.05, 0) is 38.5 Å². The van der Waals surface area contributed by atoms with Gasteiger partial charge in [-0.3, -0.25) is 4.68 Å². The van der Waals surface area contributed by atoms with Gasteiger partial charge < -0.3 is 5.11 Å². The van der Waals surface area contributed by atoms with E-state index >= 15 is 0 Å². The lowest BCUT2D eigenvalue weighted by molar-refractivity contribution is -0.0122. The molecule has 0 saturated heterocycles. The highest BCUT2D eigenvalue weighted by Gasteiger charge is 2.34. The van der Waals surface area contributed by atoms with Crippen LogP contribution in [0.5, 0.6) is 0 Å². The molecule has 1 aromatic rings. The van der Waals surface area contributed by atoms with Crippen LogP contribution in [0, 0.1) is 5.92 Å². The van der Waals surface area contributed by atoms with Crippen molar-refractivity contribution in [2.24, 2.45) is 5.92 Å². The van der Waals surface area contributed by atoms with Crippen molar-refractivity contribution in [2.45, 2.75) is 70.9 Å². The molecule has 0 aliphatic heterocycles. The molecule has 4 nitrogen and oxygen atoms in total.